The number of hydrogen-bond acceptors (Lipinski definition) is 3. The summed E-state index contributed by atoms with van der Waals surface area (Å²) < 4.78 is 5.79. The van der Waals surface area contributed by atoms with E-state index in [2.05, 4.69) is 10.2 Å². The van der Waals surface area contributed by atoms with Gasteiger partial charge in [0.2, 0.25) is 0 Å². The minimum absolute atomic E-state index is 0.0910. The molecule has 0 spiro atoms. The van der Waals surface area contributed by atoms with Crippen molar-refractivity contribution in [2.75, 3.05) is 36.4 Å². The number of para-hydroxylation sites is 1. The minimum atomic E-state index is -0.0910. The number of urea groups is 1. The van der Waals surface area contributed by atoms with Crippen LogP contribution in [0, 0.1) is 0 Å². The molecule has 0 bridgehead atoms. The first-order chi connectivity index (χ1) is 14.7. The highest BCUT2D eigenvalue weighted by Crippen LogP contribution is 2.26. The number of piperazine rings is 1. The molecule has 1 fully saturated rings. The molecule has 6 heteroatoms. The molecule has 1 heterocycles. The maximum atomic E-state index is 12.6. The standard InChI is InChI=1S/C24H24ClN3O2/c25-22-8-4-5-9-23(22)27-14-16-28(17-15-27)24(29)26-20-10-12-21(13-11-20)30-18-19-6-2-1-3-7-19/h1-13H,14-18H2,(H,26,29). The van der Waals surface area contributed by atoms with Crippen LogP contribution in [0.4, 0.5) is 16.2 Å². The Morgan fingerprint density at radius 3 is 2.23 bits per heavy atom. The van der Waals surface area contributed by atoms with Crippen molar-refractivity contribution in [3.8, 4) is 5.75 Å². The lowest BCUT2D eigenvalue weighted by Gasteiger charge is -2.36. The third-order valence-corrected chi connectivity index (χ3v) is 5.43. The van der Waals surface area contributed by atoms with Gasteiger partial charge in [0.05, 0.1) is 10.7 Å². The molecule has 3 aromatic rings. The van der Waals surface area contributed by atoms with Crippen LogP contribution in [0.3, 0.4) is 0 Å². The fourth-order valence-corrected chi connectivity index (χ4v) is 3.69. The lowest BCUT2D eigenvalue weighted by Crippen LogP contribution is -2.50. The maximum absolute atomic E-state index is 12.6. The van der Waals surface area contributed by atoms with Gasteiger partial charge in [0.25, 0.3) is 0 Å². The Hall–Kier alpha value is -3.18. The van der Waals surface area contributed by atoms with Gasteiger partial charge < -0.3 is 19.9 Å². The second-order valence-corrected chi connectivity index (χ2v) is 7.56. The molecular weight excluding hydrogens is 398 g/mol. The Kier molecular flexibility index (Phi) is 6.40. The van der Waals surface area contributed by atoms with Crippen LogP contribution in [-0.2, 0) is 6.61 Å². The molecule has 0 atom stereocenters. The van der Waals surface area contributed by atoms with Crippen LogP contribution in [0.5, 0.6) is 5.75 Å². The number of nitrogens with one attached hydrogen (secondary N) is 1. The Morgan fingerprint density at radius 1 is 0.867 bits per heavy atom. The summed E-state index contributed by atoms with van der Waals surface area (Å²) >= 11 is 6.29. The van der Waals surface area contributed by atoms with Crippen LogP contribution in [0.25, 0.3) is 0 Å². The van der Waals surface area contributed by atoms with Crippen LogP contribution < -0.4 is 15.0 Å². The molecule has 1 N–H and O–H groups in total. The van der Waals surface area contributed by atoms with Crippen molar-refractivity contribution in [3.63, 3.8) is 0 Å². The highest BCUT2D eigenvalue weighted by molar-refractivity contribution is 6.33. The summed E-state index contributed by atoms with van der Waals surface area (Å²) in [5.41, 5.74) is 2.89. The van der Waals surface area contributed by atoms with Gasteiger partial charge in [0.1, 0.15) is 12.4 Å². The van der Waals surface area contributed by atoms with E-state index < -0.39 is 0 Å². The highest BCUT2D eigenvalue weighted by atomic mass is 35.5. The average Bonchev–Trinajstić information content (AvgIpc) is 2.80. The molecule has 154 valence electrons. The summed E-state index contributed by atoms with van der Waals surface area (Å²) in [6.07, 6.45) is 0. The van der Waals surface area contributed by atoms with Gasteiger partial charge in [0.15, 0.2) is 0 Å². The van der Waals surface area contributed by atoms with Gasteiger partial charge in [-0.2, -0.15) is 0 Å². The van der Waals surface area contributed by atoms with Gasteiger partial charge >= 0.3 is 6.03 Å². The van der Waals surface area contributed by atoms with Crippen molar-refractivity contribution in [2.24, 2.45) is 0 Å². The monoisotopic (exact) mass is 421 g/mol. The zero-order valence-electron chi connectivity index (χ0n) is 16.6. The average molecular weight is 422 g/mol. The highest BCUT2D eigenvalue weighted by Gasteiger charge is 2.22. The number of rotatable bonds is 5. The Labute approximate surface area is 181 Å². The van der Waals surface area contributed by atoms with Crippen LogP contribution in [0.15, 0.2) is 78.9 Å². The molecule has 0 aliphatic carbocycles. The van der Waals surface area contributed by atoms with E-state index in [4.69, 9.17) is 16.3 Å². The van der Waals surface area contributed by atoms with E-state index in [9.17, 15) is 4.79 Å². The number of hydrogen-bond donors (Lipinski definition) is 1. The first-order valence-electron chi connectivity index (χ1n) is 10.0. The molecule has 1 aliphatic rings. The first kappa shape index (κ1) is 20.1. The molecule has 0 unspecified atom stereocenters. The number of anilines is 2. The van der Waals surface area contributed by atoms with Crippen molar-refractivity contribution in [1.29, 1.82) is 0 Å². The quantitative estimate of drug-likeness (QED) is 0.610. The third kappa shape index (κ3) is 5.05. The van der Waals surface area contributed by atoms with E-state index in [1.807, 2.05) is 83.8 Å². The number of amides is 2. The van der Waals surface area contributed by atoms with E-state index in [0.29, 0.717) is 19.7 Å². The number of halogens is 1. The summed E-state index contributed by atoms with van der Waals surface area (Å²) in [6.45, 7) is 3.32. The van der Waals surface area contributed by atoms with Gasteiger partial charge in [-0.3, -0.25) is 0 Å². The zero-order valence-corrected chi connectivity index (χ0v) is 17.4. The molecule has 0 aromatic heterocycles. The Morgan fingerprint density at radius 2 is 1.53 bits per heavy atom. The van der Waals surface area contributed by atoms with Crippen molar-refractivity contribution < 1.29 is 9.53 Å². The van der Waals surface area contributed by atoms with E-state index in [-0.39, 0.29) is 6.03 Å². The molecule has 30 heavy (non-hydrogen) atoms. The predicted octanol–water partition coefficient (Wildman–Crippen LogP) is 5.27. The first-order valence-corrected chi connectivity index (χ1v) is 10.4. The predicted molar refractivity (Wildman–Crippen MR) is 121 cm³/mol. The molecule has 0 saturated carbocycles. The van der Waals surface area contributed by atoms with Crippen molar-refractivity contribution in [2.45, 2.75) is 6.61 Å². The maximum Gasteiger partial charge on any atom is 0.321 e. The van der Waals surface area contributed by atoms with Crippen molar-refractivity contribution in [1.82, 2.24) is 4.90 Å². The van der Waals surface area contributed by atoms with Crippen molar-refractivity contribution >= 4 is 29.0 Å². The molecule has 4 rings (SSSR count). The van der Waals surface area contributed by atoms with Gasteiger partial charge in [-0.1, -0.05) is 54.1 Å². The minimum Gasteiger partial charge on any atom is -0.489 e. The van der Waals surface area contributed by atoms with Gasteiger partial charge in [-0.25, -0.2) is 4.79 Å². The fourth-order valence-electron chi connectivity index (χ4n) is 3.44. The smallest absolute Gasteiger partial charge is 0.321 e. The lowest BCUT2D eigenvalue weighted by atomic mass is 10.2. The molecule has 2 amide bonds. The lowest BCUT2D eigenvalue weighted by molar-refractivity contribution is 0.208. The summed E-state index contributed by atoms with van der Waals surface area (Å²) in [4.78, 5) is 16.7. The van der Waals surface area contributed by atoms with Crippen molar-refractivity contribution in [3.05, 3.63) is 89.4 Å². The number of carbonyl (C=O) groups is 1. The second-order valence-electron chi connectivity index (χ2n) is 7.15. The second kappa shape index (κ2) is 9.55. The Balaban J connectivity index is 1.26. The van der Waals surface area contributed by atoms with Crippen LogP contribution in [-0.4, -0.2) is 37.1 Å². The fraction of sp³-hybridized carbons (Fsp3) is 0.208. The van der Waals surface area contributed by atoms with Gasteiger partial charge in [-0.15, -0.1) is 0 Å². The van der Waals surface area contributed by atoms with Crippen LogP contribution in [0.2, 0.25) is 5.02 Å². The molecular formula is C24H24ClN3O2. The normalized spacial score (nSPS) is 13.8. The van der Waals surface area contributed by atoms with Gasteiger partial charge in [-0.05, 0) is 42.0 Å². The van der Waals surface area contributed by atoms with Crippen LogP contribution in [0.1, 0.15) is 5.56 Å². The largest absolute Gasteiger partial charge is 0.489 e. The summed E-state index contributed by atoms with van der Waals surface area (Å²) in [7, 11) is 0. The summed E-state index contributed by atoms with van der Waals surface area (Å²) in [6, 6.07) is 25.2. The third-order valence-electron chi connectivity index (χ3n) is 5.11. The zero-order chi connectivity index (χ0) is 20.8. The van der Waals surface area contributed by atoms with E-state index >= 15 is 0 Å². The number of ether oxygens (including phenoxy) is 1. The van der Waals surface area contributed by atoms with E-state index in [1.165, 1.54) is 0 Å². The number of nitrogens with zero attached hydrogens (tertiary/aromatic N) is 2. The molecule has 1 saturated heterocycles. The SMILES string of the molecule is O=C(Nc1ccc(OCc2ccccc2)cc1)N1CCN(c2ccccc2Cl)CC1. The molecule has 3 aromatic carbocycles. The summed E-state index contributed by atoms with van der Waals surface area (Å²) in [5.74, 6) is 0.769. The topological polar surface area (TPSA) is 44.8 Å². The molecule has 0 radical (unpaired) electrons. The number of carbonyl (C=O) groups excluding carboxylic acids is 1. The number of benzene rings is 3. The Bertz CT molecular complexity index is 971. The van der Waals surface area contributed by atoms with Gasteiger partial charge in [0, 0.05) is 31.9 Å². The molecule has 1 aliphatic heterocycles. The summed E-state index contributed by atoms with van der Waals surface area (Å²) in [5, 5.41) is 3.71. The van der Waals surface area contributed by atoms with E-state index in [0.717, 1.165) is 40.8 Å². The molecule has 5 nitrogen and oxygen atoms in total. The van der Waals surface area contributed by atoms with Crippen LogP contribution >= 0.6 is 11.6 Å². The van der Waals surface area contributed by atoms with E-state index in [1.54, 1.807) is 0 Å².